The van der Waals surface area contributed by atoms with Gasteiger partial charge in [-0.25, -0.2) is 8.42 Å². The van der Waals surface area contributed by atoms with Gasteiger partial charge in [0, 0.05) is 13.1 Å². The number of nitrogens with zero attached hydrogens (tertiary/aromatic N) is 1. The van der Waals surface area contributed by atoms with Gasteiger partial charge in [-0.05, 0) is 29.7 Å². The average molecular weight is 259 g/mol. The minimum absolute atomic E-state index is 0.457. The van der Waals surface area contributed by atoms with Gasteiger partial charge in [0.05, 0.1) is 0 Å². The highest BCUT2D eigenvalue weighted by Gasteiger charge is 2.31. The van der Waals surface area contributed by atoms with Crippen molar-refractivity contribution in [3.05, 3.63) is 17.5 Å². The number of thiophene rings is 1. The van der Waals surface area contributed by atoms with Crippen LogP contribution < -0.4 is 0 Å². The monoisotopic (exact) mass is 259 g/mol. The zero-order chi connectivity index (χ0) is 11.8. The third-order valence-corrected chi connectivity index (χ3v) is 6.13. The largest absolute Gasteiger partial charge is 0.252 e. The van der Waals surface area contributed by atoms with Crippen molar-refractivity contribution >= 4 is 21.4 Å². The van der Waals surface area contributed by atoms with Crippen molar-refractivity contribution in [2.45, 2.75) is 24.5 Å². The third kappa shape index (κ3) is 2.31. The molecule has 0 aromatic carbocycles. The van der Waals surface area contributed by atoms with Crippen LogP contribution in [-0.2, 0) is 10.0 Å². The highest BCUT2D eigenvalue weighted by molar-refractivity contribution is 7.91. The SMILES string of the molecule is CC1CC(C)CN(S(=O)(=O)c2cccs2)C1. The zero-order valence-corrected chi connectivity index (χ0v) is 11.2. The van der Waals surface area contributed by atoms with Crippen molar-refractivity contribution in [2.75, 3.05) is 13.1 Å². The van der Waals surface area contributed by atoms with Gasteiger partial charge in [-0.15, -0.1) is 11.3 Å². The van der Waals surface area contributed by atoms with Gasteiger partial charge in [0.15, 0.2) is 0 Å². The summed E-state index contributed by atoms with van der Waals surface area (Å²) in [6.07, 6.45) is 1.12. The summed E-state index contributed by atoms with van der Waals surface area (Å²) in [5.41, 5.74) is 0. The number of hydrogen-bond acceptors (Lipinski definition) is 3. The van der Waals surface area contributed by atoms with Gasteiger partial charge in [0.1, 0.15) is 4.21 Å². The molecule has 0 N–H and O–H groups in total. The highest BCUT2D eigenvalue weighted by atomic mass is 32.2. The minimum Gasteiger partial charge on any atom is -0.206 e. The molecule has 16 heavy (non-hydrogen) atoms. The average Bonchev–Trinajstić information content (AvgIpc) is 2.69. The van der Waals surface area contributed by atoms with E-state index in [2.05, 4.69) is 13.8 Å². The molecular formula is C11H17NO2S2. The molecule has 2 heterocycles. The van der Waals surface area contributed by atoms with Crippen LogP contribution >= 0.6 is 11.3 Å². The molecule has 0 aliphatic carbocycles. The van der Waals surface area contributed by atoms with Crippen LogP contribution in [-0.4, -0.2) is 25.8 Å². The first-order valence-corrected chi connectivity index (χ1v) is 7.86. The van der Waals surface area contributed by atoms with Crippen LogP contribution in [0.4, 0.5) is 0 Å². The molecule has 1 fully saturated rings. The van der Waals surface area contributed by atoms with Crippen molar-refractivity contribution in [3.63, 3.8) is 0 Å². The van der Waals surface area contributed by atoms with Gasteiger partial charge >= 0.3 is 0 Å². The van der Waals surface area contributed by atoms with Gasteiger partial charge in [0.25, 0.3) is 10.0 Å². The summed E-state index contributed by atoms with van der Waals surface area (Å²) >= 11 is 1.30. The van der Waals surface area contributed by atoms with E-state index in [9.17, 15) is 8.42 Å². The van der Waals surface area contributed by atoms with E-state index in [1.165, 1.54) is 11.3 Å². The van der Waals surface area contributed by atoms with E-state index in [1.807, 2.05) is 5.38 Å². The van der Waals surface area contributed by atoms with E-state index in [1.54, 1.807) is 16.4 Å². The Morgan fingerprint density at radius 1 is 1.31 bits per heavy atom. The molecule has 0 radical (unpaired) electrons. The lowest BCUT2D eigenvalue weighted by molar-refractivity contribution is 0.223. The molecule has 1 aromatic rings. The first kappa shape index (κ1) is 12.1. The van der Waals surface area contributed by atoms with Crippen LogP contribution in [0.3, 0.4) is 0 Å². The van der Waals surface area contributed by atoms with Crippen molar-refractivity contribution in [1.29, 1.82) is 0 Å². The summed E-state index contributed by atoms with van der Waals surface area (Å²) in [7, 11) is -3.23. The van der Waals surface area contributed by atoms with E-state index in [0.29, 0.717) is 29.1 Å². The second-order valence-electron chi connectivity index (χ2n) is 4.70. The molecule has 90 valence electrons. The molecule has 2 rings (SSSR count). The number of sulfonamides is 1. The normalized spacial score (nSPS) is 28.1. The summed E-state index contributed by atoms with van der Waals surface area (Å²) < 4.78 is 26.7. The molecule has 2 atom stereocenters. The van der Waals surface area contributed by atoms with Crippen LogP contribution in [0, 0.1) is 11.8 Å². The van der Waals surface area contributed by atoms with Crippen LogP contribution in [0.1, 0.15) is 20.3 Å². The molecule has 3 nitrogen and oxygen atoms in total. The number of piperidine rings is 1. The maximum absolute atomic E-state index is 12.3. The second-order valence-corrected chi connectivity index (χ2v) is 7.81. The first-order valence-electron chi connectivity index (χ1n) is 5.54. The molecule has 0 spiro atoms. The lowest BCUT2D eigenvalue weighted by Gasteiger charge is -2.33. The molecule has 1 aromatic heterocycles. The Morgan fingerprint density at radius 2 is 1.94 bits per heavy atom. The summed E-state index contributed by atoms with van der Waals surface area (Å²) in [5, 5.41) is 1.81. The smallest absolute Gasteiger partial charge is 0.206 e. The van der Waals surface area contributed by atoms with Gasteiger partial charge in [0.2, 0.25) is 0 Å². The van der Waals surface area contributed by atoms with E-state index >= 15 is 0 Å². The lowest BCUT2D eigenvalue weighted by atomic mass is 9.94. The van der Waals surface area contributed by atoms with E-state index < -0.39 is 10.0 Å². The van der Waals surface area contributed by atoms with Crippen LogP contribution in [0.5, 0.6) is 0 Å². The molecule has 1 aliphatic heterocycles. The van der Waals surface area contributed by atoms with Crippen molar-refractivity contribution < 1.29 is 8.42 Å². The fourth-order valence-electron chi connectivity index (χ4n) is 2.34. The number of rotatable bonds is 2. The maximum Gasteiger partial charge on any atom is 0.252 e. The first-order chi connectivity index (χ1) is 7.50. The minimum atomic E-state index is -3.23. The third-order valence-electron chi connectivity index (χ3n) is 2.92. The van der Waals surface area contributed by atoms with Gasteiger partial charge < -0.3 is 0 Å². The molecule has 0 saturated carbocycles. The molecule has 0 amide bonds. The lowest BCUT2D eigenvalue weighted by Crippen LogP contribution is -2.42. The van der Waals surface area contributed by atoms with Gasteiger partial charge in [-0.1, -0.05) is 19.9 Å². The Morgan fingerprint density at radius 3 is 2.44 bits per heavy atom. The molecule has 1 saturated heterocycles. The molecular weight excluding hydrogens is 242 g/mol. The Balaban J connectivity index is 2.24. The van der Waals surface area contributed by atoms with Crippen molar-refractivity contribution in [2.24, 2.45) is 11.8 Å². The van der Waals surface area contributed by atoms with Crippen LogP contribution in [0.25, 0.3) is 0 Å². The van der Waals surface area contributed by atoms with Crippen molar-refractivity contribution in [1.82, 2.24) is 4.31 Å². The maximum atomic E-state index is 12.3. The van der Waals surface area contributed by atoms with Crippen LogP contribution in [0.15, 0.2) is 21.7 Å². The van der Waals surface area contributed by atoms with E-state index in [4.69, 9.17) is 0 Å². The van der Waals surface area contributed by atoms with Gasteiger partial charge in [-0.3, -0.25) is 0 Å². The standard InChI is InChI=1S/C11H17NO2S2/c1-9-6-10(2)8-12(7-9)16(13,14)11-4-3-5-15-11/h3-5,9-10H,6-8H2,1-2H3. The Hall–Kier alpha value is -0.390. The van der Waals surface area contributed by atoms with E-state index in [-0.39, 0.29) is 0 Å². The predicted molar refractivity (Wildman–Crippen MR) is 66.0 cm³/mol. The highest BCUT2D eigenvalue weighted by Crippen LogP contribution is 2.28. The van der Waals surface area contributed by atoms with E-state index in [0.717, 1.165) is 6.42 Å². The fraction of sp³-hybridized carbons (Fsp3) is 0.636. The zero-order valence-electron chi connectivity index (χ0n) is 9.59. The number of hydrogen-bond donors (Lipinski definition) is 0. The molecule has 2 unspecified atom stereocenters. The molecule has 0 bridgehead atoms. The summed E-state index contributed by atoms with van der Waals surface area (Å²) in [5.74, 6) is 0.914. The van der Waals surface area contributed by atoms with Gasteiger partial charge in [-0.2, -0.15) is 4.31 Å². The summed E-state index contributed by atoms with van der Waals surface area (Å²) in [6, 6.07) is 3.47. The topological polar surface area (TPSA) is 37.4 Å². The second kappa shape index (κ2) is 4.47. The quantitative estimate of drug-likeness (QED) is 0.818. The Bertz CT molecular complexity index is 429. The molecule has 1 aliphatic rings. The Labute approximate surface area is 101 Å². The fourth-order valence-corrected chi connectivity index (χ4v) is 5.16. The predicted octanol–water partition coefficient (Wildman–Crippen LogP) is 2.41. The van der Waals surface area contributed by atoms with Crippen molar-refractivity contribution in [3.8, 4) is 0 Å². The summed E-state index contributed by atoms with van der Waals surface area (Å²) in [4.78, 5) is 0. The van der Waals surface area contributed by atoms with Crippen LogP contribution in [0.2, 0.25) is 0 Å². The Kier molecular flexibility index (Phi) is 3.37. The molecule has 5 heteroatoms. The summed E-state index contributed by atoms with van der Waals surface area (Å²) in [6.45, 7) is 5.55.